The van der Waals surface area contributed by atoms with E-state index in [0.29, 0.717) is 10.5 Å². The minimum Gasteiger partial charge on any atom is -0.468 e. The van der Waals surface area contributed by atoms with Crippen molar-refractivity contribution in [2.45, 2.75) is 38.5 Å². The minimum absolute atomic E-state index is 0.0139. The highest BCUT2D eigenvalue weighted by molar-refractivity contribution is 7.80. The largest absolute Gasteiger partial charge is 0.468 e. The van der Waals surface area contributed by atoms with Gasteiger partial charge >= 0.3 is 17.9 Å². The first-order chi connectivity index (χ1) is 15.2. The lowest BCUT2D eigenvalue weighted by Gasteiger charge is -2.26. The summed E-state index contributed by atoms with van der Waals surface area (Å²) in [6, 6.07) is 7.12. The number of allylic oxidation sites excluding steroid dienone is 2. The second kappa shape index (κ2) is 13.6. The quantitative estimate of drug-likeness (QED) is 0.200. The van der Waals surface area contributed by atoms with Crippen molar-refractivity contribution in [3.63, 3.8) is 0 Å². The number of hydrogen-bond donors (Lipinski definition) is 0. The fourth-order valence-electron chi connectivity index (χ4n) is 2.68. The molecule has 1 rings (SSSR count). The van der Waals surface area contributed by atoms with Crippen LogP contribution in [0, 0.1) is 12.3 Å². The van der Waals surface area contributed by atoms with E-state index in [9.17, 15) is 18.6 Å². The van der Waals surface area contributed by atoms with Crippen LogP contribution >= 0.6 is 0 Å². The Morgan fingerprint density at radius 3 is 2.09 bits per heavy atom. The van der Waals surface area contributed by atoms with Crippen LogP contribution in [0.2, 0.25) is 0 Å². The Hall–Kier alpha value is -2.78. The Morgan fingerprint density at radius 1 is 0.969 bits per heavy atom. The summed E-state index contributed by atoms with van der Waals surface area (Å²) in [5.74, 6) is -1.94. The van der Waals surface area contributed by atoms with E-state index in [0.717, 1.165) is 5.56 Å². The molecule has 0 aliphatic heterocycles. The van der Waals surface area contributed by atoms with Crippen LogP contribution in [0.3, 0.4) is 0 Å². The van der Waals surface area contributed by atoms with Crippen LogP contribution < -0.4 is 0 Å². The number of esters is 3. The van der Waals surface area contributed by atoms with E-state index in [1.54, 1.807) is 37.3 Å². The predicted molar refractivity (Wildman–Crippen MR) is 119 cm³/mol. The summed E-state index contributed by atoms with van der Waals surface area (Å²) in [5, 5.41) is 0. The molecule has 1 aromatic carbocycles. The molecule has 0 N–H and O–H groups in total. The van der Waals surface area contributed by atoms with Crippen molar-refractivity contribution >= 4 is 29.0 Å². The van der Waals surface area contributed by atoms with Gasteiger partial charge in [0.15, 0.2) is 16.5 Å². The lowest BCUT2D eigenvalue weighted by molar-refractivity contribution is -0.168. The first-order valence-electron chi connectivity index (χ1n) is 9.88. The number of ether oxygens (including phenoxy) is 3. The Balaban J connectivity index is 2.88. The van der Waals surface area contributed by atoms with Crippen LogP contribution in [0.15, 0.2) is 53.0 Å². The second-order valence-corrected chi connectivity index (χ2v) is 8.28. The molecule has 176 valence electrons. The molecular weight excluding hydrogens is 436 g/mol. The molecule has 0 heterocycles. The molecule has 0 saturated heterocycles. The molecule has 0 aliphatic rings. The van der Waals surface area contributed by atoms with Crippen molar-refractivity contribution in [1.82, 2.24) is 0 Å². The standard InChI is InChI=1S/C23H30O8S/c1-17-8-10-20(11-9-17)32(27)31-15-7-6-13-23(21(25)28-4,22(26)29-5)14-12-18(2)16-30-19(3)24/h6-12H,13-16H2,1-5H3/b7-6-,18-12+. The van der Waals surface area contributed by atoms with Gasteiger partial charge in [0.05, 0.1) is 25.7 Å². The maximum Gasteiger partial charge on any atom is 0.323 e. The fourth-order valence-corrected chi connectivity index (χ4v) is 3.38. The number of hydrogen-bond acceptors (Lipinski definition) is 8. The zero-order valence-electron chi connectivity index (χ0n) is 19.0. The molecule has 0 radical (unpaired) electrons. The molecule has 32 heavy (non-hydrogen) atoms. The molecule has 0 saturated carbocycles. The summed E-state index contributed by atoms with van der Waals surface area (Å²) in [5.41, 5.74) is 0.0936. The number of carbonyl (C=O) groups excluding carboxylic acids is 3. The van der Waals surface area contributed by atoms with Crippen LogP contribution in [0.5, 0.6) is 0 Å². The normalized spacial score (nSPS) is 13.0. The van der Waals surface area contributed by atoms with E-state index in [1.165, 1.54) is 21.1 Å². The van der Waals surface area contributed by atoms with Gasteiger partial charge in [0, 0.05) is 6.92 Å². The zero-order chi connectivity index (χ0) is 24.1. The number of carbonyl (C=O) groups is 3. The number of rotatable bonds is 12. The van der Waals surface area contributed by atoms with Gasteiger partial charge in [-0.25, -0.2) is 4.21 Å². The Bertz CT molecular complexity index is 854. The van der Waals surface area contributed by atoms with Crippen molar-refractivity contribution in [3.05, 3.63) is 53.6 Å². The second-order valence-electron chi connectivity index (χ2n) is 7.11. The Morgan fingerprint density at radius 2 is 1.56 bits per heavy atom. The van der Waals surface area contributed by atoms with Gasteiger partial charge in [-0.05, 0) is 44.4 Å². The molecule has 0 bridgehead atoms. The van der Waals surface area contributed by atoms with Gasteiger partial charge in [-0.2, -0.15) is 0 Å². The molecule has 0 aromatic heterocycles. The van der Waals surface area contributed by atoms with Crippen molar-refractivity contribution in [2.24, 2.45) is 5.41 Å². The van der Waals surface area contributed by atoms with E-state index in [2.05, 4.69) is 0 Å². The molecule has 0 aliphatic carbocycles. The lowest BCUT2D eigenvalue weighted by atomic mass is 9.80. The van der Waals surface area contributed by atoms with Gasteiger partial charge in [0.2, 0.25) is 0 Å². The van der Waals surface area contributed by atoms with Gasteiger partial charge < -0.3 is 14.2 Å². The van der Waals surface area contributed by atoms with Crippen molar-refractivity contribution in [3.8, 4) is 0 Å². The summed E-state index contributed by atoms with van der Waals surface area (Å²) in [6.07, 6.45) is 4.75. The summed E-state index contributed by atoms with van der Waals surface area (Å²) < 4.78 is 32.1. The summed E-state index contributed by atoms with van der Waals surface area (Å²) in [6.45, 7) is 4.99. The van der Waals surface area contributed by atoms with Crippen LogP contribution in [0.4, 0.5) is 0 Å². The molecule has 9 heteroatoms. The zero-order valence-corrected chi connectivity index (χ0v) is 19.9. The Labute approximate surface area is 191 Å². The topological polar surface area (TPSA) is 105 Å². The third-order valence-electron chi connectivity index (χ3n) is 4.57. The maximum absolute atomic E-state index is 12.5. The highest BCUT2D eigenvalue weighted by atomic mass is 32.2. The van der Waals surface area contributed by atoms with Crippen LogP contribution in [-0.4, -0.2) is 49.6 Å². The molecule has 0 spiro atoms. The Kier molecular flexibility index (Phi) is 11.6. The van der Waals surface area contributed by atoms with Crippen LogP contribution in [0.25, 0.3) is 0 Å². The van der Waals surface area contributed by atoms with Gasteiger partial charge in [0.25, 0.3) is 0 Å². The van der Waals surface area contributed by atoms with Crippen molar-refractivity contribution < 1.29 is 37.0 Å². The summed E-state index contributed by atoms with van der Waals surface area (Å²) in [4.78, 5) is 36.6. The fraction of sp³-hybridized carbons (Fsp3) is 0.435. The third-order valence-corrected chi connectivity index (χ3v) is 5.58. The highest BCUT2D eigenvalue weighted by Crippen LogP contribution is 2.32. The van der Waals surface area contributed by atoms with Gasteiger partial charge in [-0.1, -0.05) is 35.9 Å². The SMILES string of the molecule is COC(=O)C(C/C=C\COS(=O)c1ccc(C)cc1)(C/C=C(\C)COC(C)=O)C(=O)OC. The van der Waals surface area contributed by atoms with Crippen molar-refractivity contribution in [2.75, 3.05) is 27.4 Å². The predicted octanol–water partition coefficient (Wildman–Crippen LogP) is 3.21. The molecule has 1 unspecified atom stereocenters. The molecule has 0 amide bonds. The van der Waals surface area contributed by atoms with E-state index in [-0.39, 0.29) is 26.1 Å². The van der Waals surface area contributed by atoms with Gasteiger partial charge in [-0.15, -0.1) is 0 Å². The van der Waals surface area contributed by atoms with Crippen LogP contribution in [0.1, 0.15) is 32.3 Å². The molecular formula is C23H30O8S. The number of methoxy groups -OCH3 is 2. The number of benzene rings is 1. The van der Waals surface area contributed by atoms with E-state index in [1.807, 2.05) is 19.1 Å². The maximum atomic E-state index is 12.5. The first-order valence-corrected chi connectivity index (χ1v) is 11.0. The summed E-state index contributed by atoms with van der Waals surface area (Å²) in [7, 11) is 2.38. The van der Waals surface area contributed by atoms with Crippen molar-refractivity contribution in [1.29, 1.82) is 0 Å². The van der Waals surface area contributed by atoms with E-state index in [4.69, 9.17) is 18.4 Å². The molecule has 8 nitrogen and oxygen atoms in total. The number of aryl methyl sites for hydroxylation is 1. The smallest absolute Gasteiger partial charge is 0.323 e. The monoisotopic (exact) mass is 466 g/mol. The minimum atomic E-state index is -1.64. The van der Waals surface area contributed by atoms with E-state index >= 15 is 0 Å². The van der Waals surface area contributed by atoms with Gasteiger partial charge in [-0.3, -0.25) is 18.6 Å². The third kappa shape index (κ3) is 8.39. The average molecular weight is 467 g/mol. The highest BCUT2D eigenvalue weighted by Gasteiger charge is 2.46. The molecule has 1 aromatic rings. The molecule has 1 atom stereocenters. The van der Waals surface area contributed by atoms with E-state index < -0.39 is 34.4 Å². The first kappa shape index (κ1) is 27.3. The average Bonchev–Trinajstić information content (AvgIpc) is 2.78. The summed E-state index contributed by atoms with van der Waals surface area (Å²) >= 11 is -1.64. The van der Waals surface area contributed by atoms with Crippen LogP contribution in [-0.2, 0) is 43.9 Å². The molecule has 0 fully saturated rings. The van der Waals surface area contributed by atoms with Gasteiger partial charge in [0.1, 0.15) is 6.61 Å². The lowest BCUT2D eigenvalue weighted by Crippen LogP contribution is -2.40.